The summed E-state index contributed by atoms with van der Waals surface area (Å²) in [4.78, 5) is 11.8. The molecule has 0 saturated heterocycles. The van der Waals surface area contributed by atoms with Crippen LogP contribution in [-0.2, 0) is 4.74 Å². The lowest BCUT2D eigenvalue weighted by molar-refractivity contribution is 0.0267. The summed E-state index contributed by atoms with van der Waals surface area (Å²) in [5.41, 5.74) is 5.77. The van der Waals surface area contributed by atoms with Crippen molar-refractivity contribution in [2.45, 2.75) is 37.8 Å². The fraction of sp³-hybridized carbons (Fsp3) is 0.533. The molecule has 6 heteroatoms. The van der Waals surface area contributed by atoms with Gasteiger partial charge in [0.25, 0.3) is 5.91 Å². The molecule has 1 fully saturated rings. The number of nitrogens with two attached hydrogens (primary N) is 1. The van der Waals surface area contributed by atoms with E-state index in [9.17, 15) is 9.18 Å². The summed E-state index contributed by atoms with van der Waals surface area (Å²) in [6.07, 6.45) is 4.08. The first kappa shape index (κ1) is 16.2. The maximum atomic E-state index is 13.5. The summed E-state index contributed by atoms with van der Waals surface area (Å²) >= 11 is 5.75. The first-order valence-electron chi connectivity index (χ1n) is 7.16. The van der Waals surface area contributed by atoms with Crippen molar-refractivity contribution in [3.8, 4) is 0 Å². The minimum Gasteiger partial charge on any atom is -0.376 e. The van der Waals surface area contributed by atoms with Crippen LogP contribution in [0.25, 0.3) is 0 Å². The van der Waals surface area contributed by atoms with E-state index in [-0.39, 0.29) is 17.7 Å². The van der Waals surface area contributed by atoms with Crippen molar-refractivity contribution in [1.29, 1.82) is 0 Å². The molecule has 0 aromatic heterocycles. The number of halogens is 2. The molecule has 1 aliphatic carbocycles. The molecule has 0 spiro atoms. The highest BCUT2D eigenvalue weighted by Gasteiger charge is 2.18. The molecular weight excluding hydrogens is 295 g/mol. The van der Waals surface area contributed by atoms with Crippen LogP contribution in [0.1, 0.15) is 36.0 Å². The van der Waals surface area contributed by atoms with E-state index < -0.39 is 11.7 Å². The summed E-state index contributed by atoms with van der Waals surface area (Å²) in [6.45, 7) is 0.751. The van der Waals surface area contributed by atoms with Gasteiger partial charge in [0.15, 0.2) is 0 Å². The Labute approximate surface area is 128 Å². The van der Waals surface area contributed by atoms with Gasteiger partial charge in [0.2, 0.25) is 0 Å². The highest BCUT2D eigenvalue weighted by atomic mass is 35.5. The van der Waals surface area contributed by atoms with E-state index in [1.807, 2.05) is 0 Å². The Balaban J connectivity index is 1.71. The number of carbonyl (C=O) groups is 1. The topological polar surface area (TPSA) is 64.3 Å². The van der Waals surface area contributed by atoms with E-state index in [0.717, 1.165) is 25.7 Å². The lowest BCUT2D eigenvalue weighted by Gasteiger charge is -2.26. The average Bonchev–Trinajstić information content (AvgIpc) is 2.47. The molecule has 1 saturated carbocycles. The van der Waals surface area contributed by atoms with Crippen LogP contribution >= 0.6 is 11.6 Å². The van der Waals surface area contributed by atoms with Gasteiger partial charge < -0.3 is 15.8 Å². The predicted molar refractivity (Wildman–Crippen MR) is 79.9 cm³/mol. The van der Waals surface area contributed by atoms with Crippen LogP contribution < -0.4 is 11.1 Å². The van der Waals surface area contributed by atoms with Gasteiger partial charge in [0.1, 0.15) is 5.82 Å². The van der Waals surface area contributed by atoms with Crippen LogP contribution in [0.2, 0.25) is 5.02 Å². The number of benzene rings is 1. The molecule has 0 unspecified atom stereocenters. The van der Waals surface area contributed by atoms with Crippen molar-refractivity contribution in [1.82, 2.24) is 5.32 Å². The number of rotatable bonds is 5. The molecule has 0 atom stereocenters. The number of amides is 1. The highest BCUT2D eigenvalue weighted by molar-refractivity contribution is 6.30. The van der Waals surface area contributed by atoms with Gasteiger partial charge in [-0.15, -0.1) is 0 Å². The molecule has 0 heterocycles. The minimum absolute atomic E-state index is 0.0499. The first-order valence-corrected chi connectivity index (χ1v) is 7.54. The Bertz CT molecular complexity index is 491. The normalized spacial score (nSPS) is 22.0. The summed E-state index contributed by atoms with van der Waals surface area (Å²) < 4.78 is 19.2. The third-order valence-electron chi connectivity index (χ3n) is 3.63. The Morgan fingerprint density at radius 3 is 2.81 bits per heavy atom. The zero-order valence-corrected chi connectivity index (χ0v) is 12.5. The van der Waals surface area contributed by atoms with Gasteiger partial charge in [-0.1, -0.05) is 11.6 Å². The van der Waals surface area contributed by atoms with E-state index in [1.54, 1.807) is 0 Å². The Morgan fingerprint density at radius 2 is 2.10 bits per heavy atom. The van der Waals surface area contributed by atoms with Crippen molar-refractivity contribution in [2.75, 3.05) is 13.2 Å². The van der Waals surface area contributed by atoms with Gasteiger partial charge in [0, 0.05) is 17.6 Å². The van der Waals surface area contributed by atoms with E-state index in [4.69, 9.17) is 22.1 Å². The van der Waals surface area contributed by atoms with Crippen molar-refractivity contribution in [3.63, 3.8) is 0 Å². The summed E-state index contributed by atoms with van der Waals surface area (Å²) in [5, 5.41) is 2.96. The van der Waals surface area contributed by atoms with E-state index in [1.165, 1.54) is 18.2 Å². The molecule has 21 heavy (non-hydrogen) atoms. The largest absolute Gasteiger partial charge is 0.376 e. The average molecular weight is 315 g/mol. The van der Waals surface area contributed by atoms with Gasteiger partial charge in [-0.3, -0.25) is 4.79 Å². The zero-order valence-electron chi connectivity index (χ0n) is 11.8. The number of carbonyl (C=O) groups excluding carboxylic acids is 1. The lowest BCUT2D eigenvalue weighted by atomic mass is 9.94. The van der Waals surface area contributed by atoms with Crippen molar-refractivity contribution in [3.05, 3.63) is 34.6 Å². The highest BCUT2D eigenvalue weighted by Crippen LogP contribution is 2.19. The van der Waals surface area contributed by atoms with Crippen LogP contribution in [0.5, 0.6) is 0 Å². The molecular formula is C15H20ClFN2O2. The Kier molecular flexibility index (Phi) is 5.96. The van der Waals surface area contributed by atoms with Crippen LogP contribution in [-0.4, -0.2) is 31.2 Å². The molecule has 1 aromatic rings. The molecule has 1 amide bonds. The number of hydrogen-bond donors (Lipinski definition) is 2. The number of hydrogen-bond acceptors (Lipinski definition) is 3. The third kappa shape index (κ3) is 4.95. The number of nitrogens with one attached hydrogen (secondary N) is 1. The van der Waals surface area contributed by atoms with Gasteiger partial charge in [-0.05, 0) is 43.9 Å². The standard InChI is InChI=1S/C15H20ClFN2O2/c16-10-1-6-14(17)13(9-10)15(20)19-7-8-21-12-4-2-11(18)3-5-12/h1,6,9,11-12H,2-5,7-8,18H2,(H,19,20). The third-order valence-corrected chi connectivity index (χ3v) is 3.87. The minimum atomic E-state index is -0.584. The summed E-state index contributed by atoms with van der Waals surface area (Å²) in [7, 11) is 0. The van der Waals surface area contributed by atoms with Crippen molar-refractivity contribution in [2.24, 2.45) is 5.73 Å². The summed E-state index contributed by atoms with van der Waals surface area (Å²) in [5.74, 6) is -1.07. The molecule has 116 valence electrons. The van der Waals surface area contributed by atoms with Crippen molar-refractivity contribution >= 4 is 17.5 Å². The number of ether oxygens (including phenoxy) is 1. The van der Waals surface area contributed by atoms with E-state index in [0.29, 0.717) is 18.2 Å². The first-order chi connectivity index (χ1) is 10.1. The lowest BCUT2D eigenvalue weighted by Crippen LogP contribution is -2.33. The van der Waals surface area contributed by atoms with Gasteiger partial charge in [-0.2, -0.15) is 0 Å². The molecule has 1 aliphatic rings. The van der Waals surface area contributed by atoms with E-state index >= 15 is 0 Å². The summed E-state index contributed by atoms with van der Waals surface area (Å²) in [6, 6.07) is 4.19. The van der Waals surface area contributed by atoms with Crippen LogP contribution in [0.15, 0.2) is 18.2 Å². The van der Waals surface area contributed by atoms with Crippen LogP contribution in [0.4, 0.5) is 4.39 Å². The smallest absolute Gasteiger partial charge is 0.254 e. The van der Waals surface area contributed by atoms with E-state index in [2.05, 4.69) is 5.32 Å². The fourth-order valence-corrected chi connectivity index (χ4v) is 2.58. The molecule has 0 radical (unpaired) electrons. The SMILES string of the molecule is NC1CCC(OCCNC(=O)c2cc(Cl)ccc2F)CC1. The predicted octanol–water partition coefficient (Wildman–Crippen LogP) is 2.50. The maximum Gasteiger partial charge on any atom is 0.254 e. The quantitative estimate of drug-likeness (QED) is 0.821. The second kappa shape index (κ2) is 7.73. The zero-order chi connectivity index (χ0) is 15.2. The second-order valence-corrected chi connectivity index (χ2v) is 5.72. The second-order valence-electron chi connectivity index (χ2n) is 5.29. The van der Waals surface area contributed by atoms with Gasteiger partial charge in [0.05, 0.1) is 18.3 Å². The Hall–Kier alpha value is -1.17. The van der Waals surface area contributed by atoms with Crippen LogP contribution in [0, 0.1) is 5.82 Å². The maximum absolute atomic E-state index is 13.5. The monoisotopic (exact) mass is 314 g/mol. The molecule has 0 bridgehead atoms. The molecule has 2 rings (SSSR count). The molecule has 4 nitrogen and oxygen atoms in total. The molecule has 1 aromatic carbocycles. The van der Waals surface area contributed by atoms with Gasteiger partial charge >= 0.3 is 0 Å². The van der Waals surface area contributed by atoms with Gasteiger partial charge in [-0.25, -0.2) is 4.39 Å². The Morgan fingerprint density at radius 1 is 1.38 bits per heavy atom. The molecule has 0 aliphatic heterocycles. The van der Waals surface area contributed by atoms with Crippen LogP contribution in [0.3, 0.4) is 0 Å². The molecule has 3 N–H and O–H groups in total. The fourth-order valence-electron chi connectivity index (χ4n) is 2.41. The van der Waals surface area contributed by atoms with Crippen molar-refractivity contribution < 1.29 is 13.9 Å².